The molecule has 3 rings (SSSR count). The van der Waals surface area contributed by atoms with Crippen LogP contribution in [0.25, 0.3) is 0 Å². The van der Waals surface area contributed by atoms with Crippen LogP contribution in [0.2, 0.25) is 0 Å². The molecule has 18 heavy (non-hydrogen) atoms. The molecule has 3 nitrogen and oxygen atoms in total. The first-order valence-electron chi connectivity index (χ1n) is 6.90. The quantitative estimate of drug-likeness (QED) is 0.840. The second-order valence-electron chi connectivity index (χ2n) is 5.61. The monoisotopic (exact) mass is 247 g/mol. The van der Waals surface area contributed by atoms with Crippen LogP contribution < -0.4 is 0 Å². The van der Waals surface area contributed by atoms with Gasteiger partial charge in [-0.05, 0) is 42.4 Å². The van der Waals surface area contributed by atoms with E-state index in [1.54, 1.807) is 0 Å². The minimum atomic E-state index is -0.281. The predicted octanol–water partition coefficient (Wildman–Crippen LogP) is 1.10. The zero-order chi connectivity index (χ0) is 12.5. The van der Waals surface area contributed by atoms with Crippen molar-refractivity contribution in [2.45, 2.75) is 44.4 Å². The van der Waals surface area contributed by atoms with E-state index in [4.69, 9.17) is 0 Å². The lowest BCUT2D eigenvalue weighted by atomic mass is 10.1. The summed E-state index contributed by atoms with van der Waals surface area (Å²) in [4.78, 5) is 2.20. The van der Waals surface area contributed by atoms with Gasteiger partial charge in [-0.3, -0.25) is 4.90 Å². The lowest BCUT2D eigenvalue weighted by Gasteiger charge is -2.22. The van der Waals surface area contributed by atoms with Crippen molar-refractivity contribution in [1.29, 1.82) is 0 Å². The highest BCUT2D eigenvalue weighted by Gasteiger charge is 2.30. The van der Waals surface area contributed by atoms with Crippen LogP contribution >= 0.6 is 0 Å². The topological polar surface area (TPSA) is 43.7 Å². The molecule has 1 aliphatic carbocycles. The van der Waals surface area contributed by atoms with Crippen molar-refractivity contribution in [3.63, 3.8) is 0 Å². The molecule has 0 unspecified atom stereocenters. The number of nitrogens with zero attached hydrogens (tertiary/aromatic N) is 1. The molecule has 2 aliphatic rings. The number of aryl methyl sites for hydroxylation is 2. The van der Waals surface area contributed by atoms with Gasteiger partial charge in [-0.1, -0.05) is 18.2 Å². The average Bonchev–Trinajstić information content (AvgIpc) is 2.95. The van der Waals surface area contributed by atoms with E-state index in [2.05, 4.69) is 23.1 Å². The molecule has 1 aromatic carbocycles. The molecule has 0 saturated carbocycles. The molecule has 3 heteroatoms. The Morgan fingerprint density at radius 3 is 2.89 bits per heavy atom. The Morgan fingerprint density at radius 1 is 1.22 bits per heavy atom. The van der Waals surface area contributed by atoms with Crippen molar-refractivity contribution < 1.29 is 10.2 Å². The van der Waals surface area contributed by atoms with Gasteiger partial charge < -0.3 is 10.2 Å². The first-order valence-corrected chi connectivity index (χ1v) is 6.90. The summed E-state index contributed by atoms with van der Waals surface area (Å²) in [5.74, 6) is 0. The summed E-state index contributed by atoms with van der Waals surface area (Å²) in [6, 6.07) is 6.87. The van der Waals surface area contributed by atoms with Gasteiger partial charge in [0.2, 0.25) is 0 Å². The highest BCUT2D eigenvalue weighted by Crippen LogP contribution is 2.25. The van der Waals surface area contributed by atoms with Crippen molar-refractivity contribution in [3.8, 4) is 0 Å². The third kappa shape index (κ3) is 2.30. The fourth-order valence-corrected chi connectivity index (χ4v) is 3.30. The Hall–Kier alpha value is -0.900. The number of benzene rings is 1. The molecule has 0 bridgehead atoms. The minimum Gasteiger partial charge on any atom is -0.395 e. The van der Waals surface area contributed by atoms with E-state index in [0.29, 0.717) is 13.0 Å². The SMILES string of the molecule is OC[C@@H]1C[C@@H](O)CN1Cc1ccc2c(c1)CCC2. The van der Waals surface area contributed by atoms with Gasteiger partial charge in [0.05, 0.1) is 12.7 Å². The van der Waals surface area contributed by atoms with Crippen LogP contribution in [0, 0.1) is 0 Å². The van der Waals surface area contributed by atoms with E-state index in [-0.39, 0.29) is 18.8 Å². The van der Waals surface area contributed by atoms with Crippen LogP contribution in [0.15, 0.2) is 18.2 Å². The van der Waals surface area contributed by atoms with Gasteiger partial charge in [0.15, 0.2) is 0 Å². The molecule has 2 atom stereocenters. The number of likely N-dealkylation sites (tertiary alicyclic amines) is 1. The van der Waals surface area contributed by atoms with Crippen LogP contribution in [0.4, 0.5) is 0 Å². The minimum absolute atomic E-state index is 0.119. The van der Waals surface area contributed by atoms with Crippen LogP contribution in [-0.4, -0.2) is 40.4 Å². The van der Waals surface area contributed by atoms with E-state index >= 15 is 0 Å². The Balaban J connectivity index is 1.72. The number of fused-ring (bicyclic) bond motifs is 1. The van der Waals surface area contributed by atoms with E-state index in [9.17, 15) is 10.2 Å². The van der Waals surface area contributed by atoms with Crippen molar-refractivity contribution in [1.82, 2.24) is 4.90 Å². The smallest absolute Gasteiger partial charge is 0.0683 e. The molecule has 0 aromatic heterocycles. The summed E-state index contributed by atoms with van der Waals surface area (Å²) < 4.78 is 0. The lowest BCUT2D eigenvalue weighted by Crippen LogP contribution is -2.31. The number of β-amino-alcohol motifs (C(OH)–C–C–N with tert-alkyl or cyclic N) is 1. The maximum atomic E-state index is 9.68. The van der Waals surface area contributed by atoms with Gasteiger partial charge >= 0.3 is 0 Å². The molecule has 1 aromatic rings. The van der Waals surface area contributed by atoms with E-state index in [1.165, 1.54) is 36.0 Å². The molecular formula is C15H21NO2. The van der Waals surface area contributed by atoms with Crippen molar-refractivity contribution in [2.24, 2.45) is 0 Å². The summed E-state index contributed by atoms with van der Waals surface area (Å²) in [6.07, 6.45) is 4.12. The normalized spacial score (nSPS) is 27.7. The number of aliphatic hydroxyl groups excluding tert-OH is 2. The Morgan fingerprint density at radius 2 is 2.06 bits per heavy atom. The van der Waals surface area contributed by atoms with Gasteiger partial charge in [0.1, 0.15) is 0 Å². The predicted molar refractivity (Wildman–Crippen MR) is 70.4 cm³/mol. The van der Waals surface area contributed by atoms with E-state index in [1.807, 2.05) is 0 Å². The zero-order valence-electron chi connectivity index (χ0n) is 10.7. The summed E-state index contributed by atoms with van der Waals surface area (Å²) in [6.45, 7) is 1.67. The molecular weight excluding hydrogens is 226 g/mol. The number of hydrogen-bond donors (Lipinski definition) is 2. The first-order chi connectivity index (χ1) is 8.76. The molecule has 1 aliphatic heterocycles. The van der Waals surface area contributed by atoms with Gasteiger partial charge in [-0.15, -0.1) is 0 Å². The molecule has 2 N–H and O–H groups in total. The highest BCUT2D eigenvalue weighted by molar-refractivity contribution is 5.35. The maximum absolute atomic E-state index is 9.68. The van der Waals surface area contributed by atoms with Gasteiger partial charge in [0, 0.05) is 19.1 Å². The number of hydrogen-bond acceptors (Lipinski definition) is 3. The number of rotatable bonds is 3. The molecule has 0 spiro atoms. The fourth-order valence-electron chi connectivity index (χ4n) is 3.30. The molecule has 1 heterocycles. The Bertz CT molecular complexity index is 433. The van der Waals surface area contributed by atoms with Crippen LogP contribution in [0.1, 0.15) is 29.5 Å². The summed E-state index contributed by atoms with van der Waals surface area (Å²) in [5, 5.41) is 19.0. The van der Waals surface area contributed by atoms with Crippen LogP contribution in [0.5, 0.6) is 0 Å². The van der Waals surface area contributed by atoms with Gasteiger partial charge in [0.25, 0.3) is 0 Å². The largest absolute Gasteiger partial charge is 0.395 e. The fraction of sp³-hybridized carbons (Fsp3) is 0.600. The summed E-state index contributed by atoms with van der Waals surface area (Å²) in [7, 11) is 0. The van der Waals surface area contributed by atoms with E-state index < -0.39 is 0 Å². The maximum Gasteiger partial charge on any atom is 0.0683 e. The van der Waals surface area contributed by atoms with Crippen molar-refractivity contribution >= 4 is 0 Å². The van der Waals surface area contributed by atoms with Gasteiger partial charge in [-0.25, -0.2) is 0 Å². The second-order valence-corrected chi connectivity index (χ2v) is 5.61. The molecule has 1 fully saturated rings. The standard InChI is InChI=1S/C15H21NO2/c17-10-14-7-15(18)9-16(14)8-11-4-5-12-2-1-3-13(12)6-11/h4-6,14-15,17-18H,1-3,7-10H2/t14-,15+/m0/s1. The van der Waals surface area contributed by atoms with Crippen LogP contribution in [0.3, 0.4) is 0 Å². The second kappa shape index (κ2) is 5.00. The first kappa shape index (κ1) is 12.2. The lowest BCUT2D eigenvalue weighted by molar-refractivity contribution is 0.150. The van der Waals surface area contributed by atoms with Gasteiger partial charge in [-0.2, -0.15) is 0 Å². The average molecular weight is 247 g/mol. The number of aliphatic hydroxyl groups is 2. The summed E-state index contributed by atoms with van der Waals surface area (Å²) >= 11 is 0. The van der Waals surface area contributed by atoms with E-state index in [0.717, 1.165) is 6.54 Å². The third-order valence-corrected chi connectivity index (χ3v) is 4.27. The molecule has 0 radical (unpaired) electrons. The van der Waals surface area contributed by atoms with Crippen LogP contribution in [-0.2, 0) is 19.4 Å². The van der Waals surface area contributed by atoms with Crippen molar-refractivity contribution in [3.05, 3.63) is 34.9 Å². The molecule has 1 saturated heterocycles. The molecule has 0 amide bonds. The zero-order valence-corrected chi connectivity index (χ0v) is 10.7. The van der Waals surface area contributed by atoms with Crippen molar-refractivity contribution in [2.75, 3.05) is 13.2 Å². The summed E-state index contributed by atoms with van der Waals surface area (Å²) in [5.41, 5.74) is 4.30. The Labute approximate surface area is 108 Å². The third-order valence-electron chi connectivity index (χ3n) is 4.27. The highest BCUT2D eigenvalue weighted by atomic mass is 16.3. The Kier molecular flexibility index (Phi) is 3.37. The molecule has 98 valence electrons.